The first kappa shape index (κ1) is 15.6. The minimum absolute atomic E-state index is 0.297. The van der Waals surface area contributed by atoms with Gasteiger partial charge in [-0.1, -0.05) is 24.3 Å². The Morgan fingerprint density at radius 1 is 0.905 bits per heavy atom. The molecule has 0 amide bonds. The van der Waals surface area contributed by atoms with Gasteiger partial charge in [-0.25, -0.2) is 17.9 Å². The summed E-state index contributed by atoms with van der Waals surface area (Å²) in [6, 6.07) is 8.05. The zero-order valence-electron chi connectivity index (χ0n) is 10.4. The zero-order chi connectivity index (χ0) is 15.8. The van der Waals surface area contributed by atoms with Gasteiger partial charge in [-0.3, -0.25) is 4.55 Å². The molecule has 0 bridgehead atoms. The average molecular weight is 331 g/mol. The van der Waals surface area contributed by atoms with Gasteiger partial charge < -0.3 is 0 Å². The van der Waals surface area contributed by atoms with Crippen molar-refractivity contribution in [2.45, 2.75) is 9.79 Å². The van der Waals surface area contributed by atoms with Crippen molar-refractivity contribution >= 4 is 20.1 Å². The highest BCUT2D eigenvalue weighted by Crippen LogP contribution is 2.34. The van der Waals surface area contributed by atoms with E-state index in [1.54, 1.807) is 0 Å². The largest absolute Gasteiger partial charge is 0.295 e. The summed E-state index contributed by atoms with van der Waals surface area (Å²) in [6.07, 6.45) is 0. The first-order valence-corrected chi connectivity index (χ1v) is 8.49. The third kappa shape index (κ3) is 3.10. The van der Waals surface area contributed by atoms with Gasteiger partial charge in [-0.15, -0.1) is 0 Å². The summed E-state index contributed by atoms with van der Waals surface area (Å²) in [5.41, 5.74) is -0.796. The predicted octanol–water partition coefficient (Wildman–Crippen LogP) is 1.39. The maximum absolute atomic E-state index is 13.9. The van der Waals surface area contributed by atoms with Crippen molar-refractivity contribution in [1.29, 1.82) is 0 Å². The summed E-state index contributed by atoms with van der Waals surface area (Å²) in [4.78, 5) is -1.33. The van der Waals surface area contributed by atoms with Crippen LogP contribution in [-0.2, 0) is 20.1 Å². The maximum atomic E-state index is 13.9. The molecule has 2 aromatic rings. The van der Waals surface area contributed by atoms with Gasteiger partial charge >= 0.3 is 0 Å². The summed E-state index contributed by atoms with van der Waals surface area (Å²) < 4.78 is 69.1. The summed E-state index contributed by atoms with van der Waals surface area (Å²) in [5, 5.41) is 5.03. The molecule has 0 aromatic heterocycles. The van der Waals surface area contributed by atoms with Gasteiger partial charge in [0.15, 0.2) is 0 Å². The highest BCUT2D eigenvalue weighted by Gasteiger charge is 2.25. The quantitative estimate of drug-likeness (QED) is 0.825. The maximum Gasteiger partial charge on any atom is 0.295 e. The van der Waals surface area contributed by atoms with Crippen molar-refractivity contribution in [3.63, 3.8) is 0 Å². The van der Waals surface area contributed by atoms with Gasteiger partial charge in [0, 0.05) is 11.1 Å². The predicted molar refractivity (Wildman–Crippen MR) is 73.0 cm³/mol. The molecule has 0 atom stereocenters. The van der Waals surface area contributed by atoms with E-state index in [9.17, 15) is 25.8 Å². The van der Waals surface area contributed by atoms with E-state index < -0.39 is 41.3 Å². The van der Waals surface area contributed by atoms with E-state index in [-0.39, 0.29) is 5.56 Å². The molecular weight excluding hydrogens is 321 g/mol. The number of hydrogen-bond acceptors (Lipinski definition) is 4. The highest BCUT2D eigenvalue weighted by atomic mass is 32.2. The Morgan fingerprint density at radius 2 is 1.48 bits per heavy atom. The Bertz CT molecular complexity index is 857. The van der Waals surface area contributed by atoms with Crippen LogP contribution in [0.4, 0.5) is 4.39 Å². The zero-order valence-corrected chi connectivity index (χ0v) is 12.0. The summed E-state index contributed by atoms with van der Waals surface area (Å²) >= 11 is 0. The van der Waals surface area contributed by atoms with E-state index in [0.29, 0.717) is 0 Å². The SMILES string of the molecule is NS(=O)(=O)c1cccc(S(=O)(=O)O)c1-c1ccccc1F. The second-order valence-corrected chi connectivity index (χ2v) is 7.05. The van der Waals surface area contributed by atoms with Crippen LogP contribution in [-0.4, -0.2) is 21.4 Å². The lowest BCUT2D eigenvalue weighted by molar-refractivity contribution is 0.483. The number of nitrogens with two attached hydrogens (primary N) is 1. The van der Waals surface area contributed by atoms with Crippen LogP contribution < -0.4 is 5.14 Å². The van der Waals surface area contributed by atoms with E-state index in [2.05, 4.69) is 0 Å². The molecule has 3 N–H and O–H groups in total. The van der Waals surface area contributed by atoms with E-state index in [1.165, 1.54) is 18.2 Å². The van der Waals surface area contributed by atoms with Crippen molar-refractivity contribution in [1.82, 2.24) is 0 Å². The second-order valence-electron chi connectivity index (χ2n) is 4.13. The number of hydrogen-bond donors (Lipinski definition) is 2. The normalized spacial score (nSPS) is 12.3. The highest BCUT2D eigenvalue weighted by molar-refractivity contribution is 7.89. The molecule has 2 rings (SSSR count). The standard InChI is InChI=1S/C12H10FNO5S2/c13-9-5-2-1-4-8(9)12-10(20(14,15)16)6-3-7-11(12)21(17,18)19/h1-7H,(H2,14,15,16)(H,17,18,19). The minimum Gasteiger partial charge on any atom is -0.282 e. The van der Waals surface area contributed by atoms with Crippen LogP contribution >= 0.6 is 0 Å². The Morgan fingerprint density at radius 3 is 2.00 bits per heavy atom. The van der Waals surface area contributed by atoms with Crippen molar-refractivity contribution in [2.75, 3.05) is 0 Å². The van der Waals surface area contributed by atoms with Crippen LogP contribution in [0.3, 0.4) is 0 Å². The van der Waals surface area contributed by atoms with E-state index >= 15 is 0 Å². The lowest BCUT2D eigenvalue weighted by Gasteiger charge is -2.12. The molecule has 0 radical (unpaired) electrons. The summed E-state index contributed by atoms with van der Waals surface area (Å²) in [7, 11) is -9.09. The number of benzene rings is 2. The summed E-state index contributed by atoms with van der Waals surface area (Å²) in [6.45, 7) is 0. The van der Waals surface area contributed by atoms with Crippen molar-refractivity contribution in [3.8, 4) is 11.1 Å². The molecule has 112 valence electrons. The fourth-order valence-corrected chi connectivity index (χ4v) is 3.46. The molecule has 0 aliphatic carbocycles. The fourth-order valence-electron chi connectivity index (χ4n) is 1.89. The van der Waals surface area contributed by atoms with E-state index in [1.807, 2.05) is 0 Å². The molecule has 0 aliphatic heterocycles. The lowest BCUT2D eigenvalue weighted by atomic mass is 10.1. The van der Waals surface area contributed by atoms with E-state index in [0.717, 1.165) is 24.3 Å². The van der Waals surface area contributed by atoms with Gasteiger partial charge in [0.2, 0.25) is 10.0 Å². The van der Waals surface area contributed by atoms with Gasteiger partial charge in [-0.05, 0) is 18.2 Å². The molecule has 0 unspecified atom stereocenters. The van der Waals surface area contributed by atoms with Crippen LogP contribution in [0.15, 0.2) is 52.3 Å². The van der Waals surface area contributed by atoms with Gasteiger partial charge in [0.25, 0.3) is 10.1 Å². The van der Waals surface area contributed by atoms with E-state index in [4.69, 9.17) is 5.14 Å². The average Bonchev–Trinajstić information content (AvgIpc) is 2.36. The van der Waals surface area contributed by atoms with Gasteiger partial charge in [0.05, 0.1) is 4.90 Å². The van der Waals surface area contributed by atoms with Crippen LogP contribution in [0, 0.1) is 5.82 Å². The van der Waals surface area contributed by atoms with Crippen LogP contribution in [0.5, 0.6) is 0 Å². The Hall–Kier alpha value is -1.81. The van der Waals surface area contributed by atoms with Crippen LogP contribution in [0.2, 0.25) is 0 Å². The van der Waals surface area contributed by atoms with Crippen molar-refractivity contribution < 1.29 is 25.8 Å². The third-order valence-electron chi connectivity index (χ3n) is 2.72. The minimum atomic E-state index is -4.77. The monoisotopic (exact) mass is 331 g/mol. The number of rotatable bonds is 3. The van der Waals surface area contributed by atoms with Gasteiger partial charge in [0.1, 0.15) is 10.7 Å². The molecule has 0 saturated heterocycles. The molecule has 9 heteroatoms. The Kier molecular flexibility index (Phi) is 3.85. The molecule has 0 aliphatic rings. The number of primary sulfonamides is 1. The number of sulfonamides is 1. The molecule has 0 spiro atoms. The Balaban J connectivity index is 3.01. The van der Waals surface area contributed by atoms with Crippen molar-refractivity contribution in [2.24, 2.45) is 5.14 Å². The molecule has 21 heavy (non-hydrogen) atoms. The molecule has 6 nitrogen and oxygen atoms in total. The third-order valence-corrected chi connectivity index (χ3v) is 4.56. The first-order chi connectivity index (χ1) is 9.62. The van der Waals surface area contributed by atoms with Crippen LogP contribution in [0.25, 0.3) is 11.1 Å². The topological polar surface area (TPSA) is 115 Å². The molecule has 0 fully saturated rings. The fraction of sp³-hybridized carbons (Fsp3) is 0. The van der Waals surface area contributed by atoms with Gasteiger partial charge in [-0.2, -0.15) is 8.42 Å². The molecule has 0 heterocycles. The van der Waals surface area contributed by atoms with Crippen LogP contribution in [0.1, 0.15) is 0 Å². The number of halogens is 1. The summed E-state index contributed by atoms with van der Waals surface area (Å²) in [5.74, 6) is -0.849. The Labute approximate surface area is 120 Å². The molecular formula is C12H10FNO5S2. The second kappa shape index (κ2) is 5.19. The first-order valence-electron chi connectivity index (χ1n) is 5.50. The lowest BCUT2D eigenvalue weighted by Crippen LogP contribution is -2.15. The smallest absolute Gasteiger partial charge is 0.282 e. The molecule has 2 aromatic carbocycles. The van der Waals surface area contributed by atoms with Crippen molar-refractivity contribution in [3.05, 3.63) is 48.3 Å². The molecule has 0 saturated carbocycles.